The third-order valence-corrected chi connectivity index (χ3v) is 8.03. The molecule has 1 N–H and O–H groups in total. The lowest BCUT2D eigenvalue weighted by Crippen LogP contribution is -2.46. The molecular formula is C25H31N5O4S2. The van der Waals surface area contributed by atoms with Gasteiger partial charge in [-0.2, -0.15) is 0 Å². The maximum absolute atomic E-state index is 13.1. The van der Waals surface area contributed by atoms with E-state index in [1.807, 2.05) is 27.7 Å². The van der Waals surface area contributed by atoms with Gasteiger partial charge in [0, 0.05) is 25.2 Å². The van der Waals surface area contributed by atoms with Gasteiger partial charge in [0.25, 0.3) is 10.0 Å². The van der Waals surface area contributed by atoms with Crippen molar-refractivity contribution in [2.45, 2.75) is 57.6 Å². The molecule has 0 saturated carbocycles. The van der Waals surface area contributed by atoms with Crippen LogP contribution >= 0.6 is 12.2 Å². The molecular weight excluding hydrogens is 498 g/mol. The number of amides is 1. The second-order valence-corrected chi connectivity index (χ2v) is 12.2. The Balaban J connectivity index is 1.41. The number of fused-ring (bicyclic) bond motifs is 1. The van der Waals surface area contributed by atoms with E-state index >= 15 is 0 Å². The van der Waals surface area contributed by atoms with Crippen molar-refractivity contribution >= 4 is 44.5 Å². The molecule has 2 aromatic heterocycles. The van der Waals surface area contributed by atoms with Gasteiger partial charge < -0.3 is 15.0 Å². The van der Waals surface area contributed by atoms with Crippen LogP contribution < -0.4 is 5.32 Å². The summed E-state index contributed by atoms with van der Waals surface area (Å²) in [6.45, 7) is 8.96. The van der Waals surface area contributed by atoms with Crippen LogP contribution in [0.4, 0.5) is 4.79 Å². The molecule has 0 aliphatic carbocycles. The molecule has 1 saturated heterocycles. The standard InChI is InChI=1S/C25H31N5O4S2/c1-17-7-9-20(10-8-17)36(32,33)30-13-11-21-22(30)26-14-19(28-21)15-27-23(35)18-6-5-12-29(16-18)24(31)34-25(2,3)4/h7-11,13-14,18H,5-6,12,15-16H2,1-4H3,(H,27,35). The highest BCUT2D eigenvalue weighted by atomic mass is 32.2. The van der Waals surface area contributed by atoms with Crippen LogP contribution in [0.15, 0.2) is 47.6 Å². The monoisotopic (exact) mass is 529 g/mol. The Bertz CT molecular complexity index is 1380. The molecule has 1 unspecified atom stereocenters. The molecule has 36 heavy (non-hydrogen) atoms. The summed E-state index contributed by atoms with van der Waals surface area (Å²) in [6, 6.07) is 8.32. The van der Waals surface area contributed by atoms with Crippen molar-refractivity contribution in [2.75, 3.05) is 13.1 Å². The van der Waals surface area contributed by atoms with Gasteiger partial charge in [0.15, 0.2) is 5.65 Å². The number of aromatic nitrogens is 3. The van der Waals surface area contributed by atoms with Crippen LogP contribution in [0.2, 0.25) is 0 Å². The Kier molecular flexibility index (Phi) is 7.33. The molecule has 1 aliphatic heterocycles. The number of thiocarbonyl (C=S) groups is 1. The number of likely N-dealkylation sites (tertiary alicyclic amines) is 1. The molecule has 1 aromatic carbocycles. The molecule has 1 fully saturated rings. The number of carbonyl (C=O) groups is 1. The Hall–Kier alpha value is -3.05. The zero-order valence-corrected chi connectivity index (χ0v) is 22.5. The second kappa shape index (κ2) is 10.1. The average Bonchev–Trinajstić information content (AvgIpc) is 3.26. The third kappa shape index (κ3) is 5.84. The molecule has 0 radical (unpaired) electrons. The highest BCUT2D eigenvalue weighted by Gasteiger charge is 2.29. The highest BCUT2D eigenvalue weighted by molar-refractivity contribution is 7.90. The lowest BCUT2D eigenvalue weighted by molar-refractivity contribution is 0.0193. The van der Waals surface area contributed by atoms with E-state index in [0.717, 1.165) is 22.4 Å². The molecule has 1 atom stereocenters. The summed E-state index contributed by atoms with van der Waals surface area (Å²) in [5, 5.41) is 3.23. The van der Waals surface area contributed by atoms with Crippen LogP contribution in [-0.4, -0.2) is 57.0 Å². The minimum Gasteiger partial charge on any atom is -0.444 e. The fourth-order valence-electron chi connectivity index (χ4n) is 4.03. The Morgan fingerprint density at radius 3 is 2.64 bits per heavy atom. The third-order valence-electron chi connectivity index (χ3n) is 5.87. The summed E-state index contributed by atoms with van der Waals surface area (Å²) in [6.07, 6.45) is 4.43. The van der Waals surface area contributed by atoms with Crippen LogP contribution in [0, 0.1) is 12.8 Å². The number of hydrogen-bond donors (Lipinski definition) is 1. The number of rotatable bonds is 5. The first-order valence-electron chi connectivity index (χ1n) is 11.8. The fraction of sp³-hybridized carbons (Fsp3) is 0.440. The average molecular weight is 530 g/mol. The van der Waals surface area contributed by atoms with E-state index < -0.39 is 15.6 Å². The van der Waals surface area contributed by atoms with Gasteiger partial charge in [0.2, 0.25) is 0 Å². The van der Waals surface area contributed by atoms with Crippen LogP contribution in [-0.2, 0) is 21.3 Å². The van der Waals surface area contributed by atoms with Gasteiger partial charge in [-0.3, -0.25) is 0 Å². The SMILES string of the molecule is Cc1ccc(S(=O)(=O)n2ccc3nc(CNC(=S)C4CCCN(C(=O)OC(C)(C)C)C4)cnc32)cc1. The first-order chi connectivity index (χ1) is 16.9. The number of nitrogens with zero attached hydrogens (tertiary/aromatic N) is 4. The smallest absolute Gasteiger partial charge is 0.410 e. The van der Waals surface area contributed by atoms with Gasteiger partial charge in [-0.05, 0) is 58.7 Å². The first-order valence-corrected chi connectivity index (χ1v) is 13.7. The molecule has 4 rings (SSSR count). The van der Waals surface area contributed by atoms with Gasteiger partial charge in [0.1, 0.15) is 11.1 Å². The summed E-state index contributed by atoms with van der Waals surface area (Å²) in [5.74, 6) is 0.0266. The number of hydrogen-bond acceptors (Lipinski definition) is 7. The summed E-state index contributed by atoms with van der Waals surface area (Å²) in [4.78, 5) is 23.9. The molecule has 0 spiro atoms. The van der Waals surface area contributed by atoms with Gasteiger partial charge in [-0.25, -0.2) is 27.2 Å². The van der Waals surface area contributed by atoms with E-state index in [1.54, 1.807) is 41.4 Å². The van der Waals surface area contributed by atoms with Gasteiger partial charge in [0.05, 0.1) is 28.3 Å². The Morgan fingerprint density at radius 1 is 1.22 bits per heavy atom. The molecule has 1 aliphatic rings. The van der Waals surface area contributed by atoms with Crippen molar-refractivity contribution in [1.82, 2.24) is 24.2 Å². The van der Waals surface area contributed by atoms with Crippen molar-refractivity contribution < 1.29 is 17.9 Å². The molecule has 11 heteroatoms. The molecule has 0 bridgehead atoms. The topological polar surface area (TPSA) is 106 Å². The van der Waals surface area contributed by atoms with E-state index in [-0.39, 0.29) is 22.6 Å². The zero-order chi connectivity index (χ0) is 26.1. The largest absolute Gasteiger partial charge is 0.444 e. The maximum atomic E-state index is 13.1. The second-order valence-electron chi connectivity index (χ2n) is 9.98. The summed E-state index contributed by atoms with van der Waals surface area (Å²) in [5.41, 5.74) is 1.81. The predicted octanol–water partition coefficient (Wildman–Crippen LogP) is 4.04. The number of nitrogens with one attached hydrogen (secondary N) is 1. The normalized spacial score (nSPS) is 16.7. The minimum absolute atomic E-state index is 0.0266. The zero-order valence-electron chi connectivity index (χ0n) is 20.9. The molecule has 192 valence electrons. The molecule has 9 nitrogen and oxygen atoms in total. The number of benzene rings is 1. The minimum atomic E-state index is -3.78. The van der Waals surface area contributed by atoms with E-state index in [9.17, 15) is 13.2 Å². The summed E-state index contributed by atoms with van der Waals surface area (Å²) in [7, 11) is -3.78. The number of carbonyl (C=O) groups excluding carboxylic acids is 1. The molecule has 3 aromatic rings. The Labute approximate surface area is 216 Å². The van der Waals surface area contributed by atoms with Crippen molar-refractivity contribution in [1.29, 1.82) is 0 Å². The van der Waals surface area contributed by atoms with Crippen molar-refractivity contribution in [2.24, 2.45) is 5.92 Å². The highest BCUT2D eigenvalue weighted by Crippen LogP contribution is 2.22. The summed E-state index contributed by atoms with van der Waals surface area (Å²) < 4.78 is 32.8. The Morgan fingerprint density at radius 2 is 1.94 bits per heavy atom. The van der Waals surface area contributed by atoms with Crippen molar-refractivity contribution in [3.63, 3.8) is 0 Å². The van der Waals surface area contributed by atoms with Crippen LogP contribution in [0.3, 0.4) is 0 Å². The van der Waals surface area contributed by atoms with Gasteiger partial charge in [-0.15, -0.1) is 0 Å². The predicted molar refractivity (Wildman–Crippen MR) is 141 cm³/mol. The quantitative estimate of drug-likeness (QED) is 0.494. The first kappa shape index (κ1) is 26.0. The van der Waals surface area contributed by atoms with E-state index in [1.165, 1.54) is 6.20 Å². The number of aryl methyl sites for hydroxylation is 1. The molecule has 1 amide bonds. The van der Waals surface area contributed by atoms with Crippen molar-refractivity contribution in [3.8, 4) is 0 Å². The van der Waals surface area contributed by atoms with E-state index in [2.05, 4.69) is 15.3 Å². The van der Waals surface area contributed by atoms with Crippen LogP contribution in [0.1, 0.15) is 44.9 Å². The van der Waals surface area contributed by atoms with Gasteiger partial charge >= 0.3 is 6.09 Å². The molecule has 3 heterocycles. The number of piperidine rings is 1. The lowest BCUT2D eigenvalue weighted by Gasteiger charge is -2.34. The van der Waals surface area contributed by atoms with Crippen LogP contribution in [0.5, 0.6) is 0 Å². The van der Waals surface area contributed by atoms with E-state index in [4.69, 9.17) is 17.0 Å². The summed E-state index contributed by atoms with van der Waals surface area (Å²) >= 11 is 5.61. The lowest BCUT2D eigenvalue weighted by atomic mass is 9.98. The van der Waals surface area contributed by atoms with Gasteiger partial charge in [-0.1, -0.05) is 29.9 Å². The van der Waals surface area contributed by atoms with E-state index in [0.29, 0.717) is 35.8 Å². The number of ether oxygens (including phenoxy) is 1. The maximum Gasteiger partial charge on any atom is 0.410 e. The fourth-order valence-corrected chi connectivity index (χ4v) is 5.60. The van der Waals surface area contributed by atoms with Crippen molar-refractivity contribution in [3.05, 3.63) is 54.0 Å². The van der Waals surface area contributed by atoms with Crippen LogP contribution in [0.25, 0.3) is 11.2 Å².